The van der Waals surface area contributed by atoms with Crippen LogP contribution in [0.2, 0.25) is 0 Å². The molecule has 0 atom stereocenters. The second kappa shape index (κ2) is 9.41. The van der Waals surface area contributed by atoms with E-state index in [0.717, 1.165) is 19.6 Å². The number of amides is 2. The van der Waals surface area contributed by atoms with Gasteiger partial charge in [-0.05, 0) is 39.5 Å². The zero-order chi connectivity index (χ0) is 18.3. The maximum atomic E-state index is 12.0. The van der Waals surface area contributed by atoms with Crippen LogP contribution in [0, 0.1) is 5.92 Å². The van der Waals surface area contributed by atoms with Crippen molar-refractivity contribution in [1.29, 1.82) is 0 Å². The Labute approximate surface area is 152 Å². The molecule has 1 saturated heterocycles. The molecule has 0 spiro atoms. The van der Waals surface area contributed by atoms with Crippen LogP contribution in [0.5, 0.6) is 0 Å². The van der Waals surface area contributed by atoms with Crippen molar-refractivity contribution in [3.63, 3.8) is 0 Å². The van der Waals surface area contributed by atoms with Crippen LogP contribution >= 0.6 is 0 Å². The summed E-state index contributed by atoms with van der Waals surface area (Å²) in [5, 5.41) is 3.06. The molecule has 2 rings (SSSR count). The highest BCUT2D eigenvalue weighted by Crippen LogP contribution is 2.25. The van der Waals surface area contributed by atoms with Gasteiger partial charge in [0.1, 0.15) is 5.60 Å². The summed E-state index contributed by atoms with van der Waals surface area (Å²) in [6, 6.07) is 0. The standard InChI is InChI=1S/C19H35N3O3/c1-19(2,3)25-18(24)22-13-11-21(12-14-22)10-9-20-17(23)15-16-7-5-4-6-8-16/h16H,4-15H2,1-3H3,(H,20,23). The second-order valence-corrected chi connectivity index (χ2v) is 8.37. The first-order valence-corrected chi connectivity index (χ1v) is 9.80. The minimum Gasteiger partial charge on any atom is -0.444 e. The average Bonchev–Trinajstić information content (AvgIpc) is 2.55. The molecule has 2 amide bonds. The van der Waals surface area contributed by atoms with Crippen LogP contribution in [0.1, 0.15) is 59.3 Å². The first-order chi connectivity index (χ1) is 11.8. The summed E-state index contributed by atoms with van der Waals surface area (Å²) < 4.78 is 5.41. The van der Waals surface area contributed by atoms with Crippen LogP contribution in [0.25, 0.3) is 0 Å². The van der Waals surface area contributed by atoms with Crippen molar-refractivity contribution in [2.75, 3.05) is 39.3 Å². The number of ether oxygens (including phenoxy) is 1. The van der Waals surface area contributed by atoms with Crippen molar-refractivity contribution in [3.05, 3.63) is 0 Å². The van der Waals surface area contributed by atoms with Crippen LogP contribution in [0.15, 0.2) is 0 Å². The SMILES string of the molecule is CC(C)(C)OC(=O)N1CCN(CCNC(=O)CC2CCCCC2)CC1. The summed E-state index contributed by atoms with van der Waals surface area (Å²) in [6.07, 6.45) is 6.76. The molecule has 2 aliphatic rings. The first-order valence-electron chi connectivity index (χ1n) is 9.80. The maximum absolute atomic E-state index is 12.0. The lowest BCUT2D eigenvalue weighted by Gasteiger charge is -2.35. The van der Waals surface area contributed by atoms with Gasteiger partial charge in [0, 0.05) is 45.7 Å². The molecule has 1 saturated carbocycles. The molecule has 1 aliphatic carbocycles. The molecule has 144 valence electrons. The third-order valence-electron chi connectivity index (χ3n) is 4.97. The minimum atomic E-state index is -0.448. The number of nitrogens with one attached hydrogen (secondary N) is 1. The molecule has 1 heterocycles. The smallest absolute Gasteiger partial charge is 0.410 e. The molecule has 0 bridgehead atoms. The molecule has 6 nitrogen and oxygen atoms in total. The van der Waals surface area contributed by atoms with Crippen molar-refractivity contribution in [3.8, 4) is 0 Å². The molecule has 0 aromatic carbocycles. The van der Waals surface area contributed by atoms with Crippen molar-refractivity contribution < 1.29 is 14.3 Å². The summed E-state index contributed by atoms with van der Waals surface area (Å²) in [5.74, 6) is 0.783. The zero-order valence-electron chi connectivity index (χ0n) is 16.2. The second-order valence-electron chi connectivity index (χ2n) is 8.37. The number of nitrogens with zero attached hydrogens (tertiary/aromatic N) is 2. The van der Waals surface area contributed by atoms with E-state index in [1.807, 2.05) is 20.8 Å². The van der Waals surface area contributed by atoms with Gasteiger partial charge in [-0.3, -0.25) is 9.69 Å². The largest absolute Gasteiger partial charge is 0.444 e. The van der Waals surface area contributed by atoms with E-state index in [4.69, 9.17) is 4.74 Å². The fraction of sp³-hybridized carbons (Fsp3) is 0.895. The van der Waals surface area contributed by atoms with E-state index in [2.05, 4.69) is 10.2 Å². The maximum Gasteiger partial charge on any atom is 0.410 e. The highest BCUT2D eigenvalue weighted by Gasteiger charge is 2.25. The highest BCUT2D eigenvalue weighted by atomic mass is 16.6. The van der Waals surface area contributed by atoms with Gasteiger partial charge in [-0.2, -0.15) is 0 Å². The molecule has 0 aromatic rings. The first kappa shape index (κ1) is 20.0. The average molecular weight is 354 g/mol. The van der Waals surface area contributed by atoms with E-state index in [1.54, 1.807) is 4.90 Å². The van der Waals surface area contributed by atoms with Gasteiger partial charge in [-0.1, -0.05) is 19.3 Å². The van der Waals surface area contributed by atoms with Crippen LogP contribution in [0.4, 0.5) is 4.79 Å². The molecule has 1 N–H and O–H groups in total. The van der Waals surface area contributed by atoms with E-state index in [0.29, 0.717) is 32.0 Å². The van der Waals surface area contributed by atoms with Gasteiger partial charge in [0.25, 0.3) is 0 Å². The Bertz CT molecular complexity index is 434. The number of carbonyl (C=O) groups excluding carboxylic acids is 2. The predicted octanol–water partition coefficient (Wildman–Crippen LogP) is 2.63. The quantitative estimate of drug-likeness (QED) is 0.825. The summed E-state index contributed by atoms with van der Waals surface area (Å²) in [5.41, 5.74) is -0.448. The van der Waals surface area contributed by atoms with Crippen molar-refractivity contribution >= 4 is 12.0 Å². The Kier molecular flexibility index (Phi) is 7.54. The van der Waals surface area contributed by atoms with Crippen LogP contribution in [-0.4, -0.2) is 66.7 Å². The number of carbonyl (C=O) groups is 2. The molecule has 6 heteroatoms. The summed E-state index contributed by atoms with van der Waals surface area (Å²) >= 11 is 0. The van der Waals surface area contributed by atoms with Crippen molar-refractivity contribution in [2.24, 2.45) is 5.92 Å². The van der Waals surface area contributed by atoms with Crippen LogP contribution < -0.4 is 5.32 Å². The Balaban J connectivity index is 1.57. The number of rotatable bonds is 5. The molecule has 2 fully saturated rings. The normalized spacial score (nSPS) is 20.4. The highest BCUT2D eigenvalue weighted by molar-refractivity contribution is 5.76. The van der Waals surface area contributed by atoms with Gasteiger partial charge in [-0.15, -0.1) is 0 Å². The Morgan fingerprint density at radius 3 is 2.28 bits per heavy atom. The molecule has 0 unspecified atom stereocenters. The van der Waals surface area contributed by atoms with Gasteiger partial charge in [-0.25, -0.2) is 4.79 Å². The number of piperazine rings is 1. The third kappa shape index (κ3) is 7.63. The minimum absolute atomic E-state index is 0.194. The van der Waals surface area contributed by atoms with E-state index < -0.39 is 5.60 Å². The number of hydrogen-bond donors (Lipinski definition) is 1. The fourth-order valence-corrected chi connectivity index (χ4v) is 3.56. The topological polar surface area (TPSA) is 61.9 Å². The fourth-order valence-electron chi connectivity index (χ4n) is 3.56. The van der Waals surface area contributed by atoms with E-state index in [9.17, 15) is 9.59 Å². The molecule has 0 aromatic heterocycles. The Hall–Kier alpha value is -1.30. The van der Waals surface area contributed by atoms with E-state index in [1.165, 1.54) is 32.1 Å². The zero-order valence-corrected chi connectivity index (χ0v) is 16.2. The summed E-state index contributed by atoms with van der Waals surface area (Å²) in [4.78, 5) is 28.1. The Morgan fingerprint density at radius 2 is 1.68 bits per heavy atom. The summed E-state index contributed by atoms with van der Waals surface area (Å²) in [6.45, 7) is 10.2. The van der Waals surface area contributed by atoms with Gasteiger partial charge < -0.3 is 15.0 Å². The van der Waals surface area contributed by atoms with E-state index >= 15 is 0 Å². The van der Waals surface area contributed by atoms with Gasteiger partial charge in [0.2, 0.25) is 5.91 Å². The van der Waals surface area contributed by atoms with Gasteiger partial charge in [0.05, 0.1) is 0 Å². The van der Waals surface area contributed by atoms with Gasteiger partial charge in [0.15, 0.2) is 0 Å². The molecule has 25 heavy (non-hydrogen) atoms. The lowest BCUT2D eigenvalue weighted by Crippen LogP contribution is -2.51. The predicted molar refractivity (Wildman–Crippen MR) is 98.4 cm³/mol. The lowest BCUT2D eigenvalue weighted by atomic mass is 9.87. The molecular formula is C19H35N3O3. The monoisotopic (exact) mass is 353 g/mol. The molecule has 1 aliphatic heterocycles. The van der Waals surface area contributed by atoms with Crippen LogP contribution in [0.3, 0.4) is 0 Å². The van der Waals surface area contributed by atoms with E-state index in [-0.39, 0.29) is 12.0 Å². The van der Waals surface area contributed by atoms with Crippen molar-refractivity contribution in [2.45, 2.75) is 64.9 Å². The van der Waals surface area contributed by atoms with Gasteiger partial charge >= 0.3 is 6.09 Å². The summed E-state index contributed by atoms with van der Waals surface area (Å²) in [7, 11) is 0. The van der Waals surface area contributed by atoms with Crippen LogP contribution in [-0.2, 0) is 9.53 Å². The lowest BCUT2D eigenvalue weighted by molar-refractivity contribution is -0.122. The molecule has 0 radical (unpaired) electrons. The third-order valence-corrected chi connectivity index (χ3v) is 4.97. The molecular weight excluding hydrogens is 318 g/mol. The van der Waals surface area contributed by atoms with Crippen molar-refractivity contribution in [1.82, 2.24) is 15.1 Å². The number of hydrogen-bond acceptors (Lipinski definition) is 4. The Morgan fingerprint density at radius 1 is 1.04 bits per heavy atom.